The summed E-state index contributed by atoms with van der Waals surface area (Å²) in [6.07, 6.45) is -0.0931. The molecule has 20 heavy (non-hydrogen) atoms. The van der Waals surface area contributed by atoms with Crippen LogP contribution in [-0.2, 0) is 20.7 Å². The van der Waals surface area contributed by atoms with Gasteiger partial charge in [-0.15, -0.1) is 0 Å². The van der Waals surface area contributed by atoms with Gasteiger partial charge in [-0.05, 0) is 30.9 Å². The fraction of sp³-hybridized carbons (Fsp3) is 0.429. The number of halogens is 1. The average molecular weight is 298 g/mol. The Morgan fingerprint density at radius 2 is 2.00 bits per heavy atom. The number of carboxylic acid groups (broad SMARTS) is 1. The number of carboxylic acids is 1. The summed E-state index contributed by atoms with van der Waals surface area (Å²) in [6, 6.07) is 7.45. The molecule has 5 nitrogen and oxygen atoms in total. The number of hydrogen-bond acceptors (Lipinski definition) is 3. The molecule has 0 radical (unpaired) electrons. The number of nitrogens with one attached hydrogen (secondary N) is 1. The zero-order valence-corrected chi connectivity index (χ0v) is 11.6. The van der Waals surface area contributed by atoms with Crippen LogP contribution in [0.15, 0.2) is 24.3 Å². The molecule has 2 rings (SSSR count). The van der Waals surface area contributed by atoms with Crippen molar-refractivity contribution in [3.8, 4) is 0 Å². The van der Waals surface area contributed by atoms with Crippen molar-refractivity contribution in [1.29, 1.82) is 0 Å². The van der Waals surface area contributed by atoms with Crippen molar-refractivity contribution in [2.24, 2.45) is 0 Å². The highest BCUT2D eigenvalue weighted by Gasteiger charge is 2.34. The number of rotatable bonds is 5. The van der Waals surface area contributed by atoms with Crippen LogP contribution >= 0.6 is 11.6 Å². The number of carbonyl (C=O) groups excluding carboxylic acids is 1. The van der Waals surface area contributed by atoms with Crippen molar-refractivity contribution < 1.29 is 19.4 Å². The molecule has 1 heterocycles. The second kappa shape index (κ2) is 6.72. The summed E-state index contributed by atoms with van der Waals surface area (Å²) in [7, 11) is 0. The van der Waals surface area contributed by atoms with Crippen molar-refractivity contribution in [2.75, 3.05) is 6.54 Å². The van der Waals surface area contributed by atoms with E-state index in [1.54, 1.807) is 6.07 Å². The van der Waals surface area contributed by atoms with Gasteiger partial charge in [-0.25, -0.2) is 4.79 Å². The van der Waals surface area contributed by atoms with Crippen molar-refractivity contribution in [2.45, 2.75) is 31.5 Å². The minimum atomic E-state index is -1.02. The van der Waals surface area contributed by atoms with Crippen LogP contribution in [0.1, 0.15) is 18.4 Å². The van der Waals surface area contributed by atoms with E-state index in [0.717, 1.165) is 5.56 Å². The molecule has 0 aromatic heterocycles. The summed E-state index contributed by atoms with van der Waals surface area (Å²) in [5, 5.41) is 12.2. The molecule has 0 spiro atoms. The van der Waals surface area contributed by atoms with E-state index in [-0.39, 0.29) is 5.91 Å². The molecule has 1 amide bonds. The monoisotopic (exact) mass is 297 g/mol. The molecular formula is C14H16ClNO4. The van der Waals surface area contributed by atoms with Gasteiger partial charge < -0.3 is 15.2 Å². The number of carbonyl (C=O) groups is 2. The number of ether oxygens (including phenoxy) is 1. The molecule has 0 saturated carbocycles. The molecule has 6 heteroatoms. The van der Waals surface area contributed by atoms with Gasteiger partial charge in [-0.3, -0.25) is 4.79 Å². The number of hydrogen-bond donors (Lipinski definition) is 2. The number of benzene rings is 1. The highest BCUT2D eigenvalue weighted by Crippen LogP contribution is 2.20. The van der Waals surface area contributed by atoms with Crippen LogP contribution in [0, 0.1) is 0 Å². The second-order valence-electron chi connectivity index (χ2n) is 4.66. The van der Waals surface area contributed by atoms with E-state index in [4.69, 9.17) is 21.4 Å². The molecule has 1 aliphatic heterocycles. The largest absolute Gasteiger partial charge is 0.479 e. The Morgan fingerprint density at radius 1 is 1.30 bits per heavy atom. The third-order valence-electron chi connectivity index (χ3n) is 3.24. The zero-order valence-electron chi connectivity index (χ0n) is 10.8. The Labute approximate surface area is 121 Å². The van der Waals surface area contributed by atoms with E-state index in [2.05, 4.69) is 5.32 Å². The fourth-order valence-corrected chi connectivity index (χ4v) is 2.38. The van der Waals surface area contributed by atoms with Crippen LogP contribution < -0.4 is 5.32 Å². The second-order valence-corrected chi connectivity index (χ2v) is 5.07. The summed E-state index contributed by atoms with van der Waals surface area (Å²) in [5.41, 5.74) is 0.963. The number of aliphatic carboxylic acids is 1. The van der Waals surface area contributed by atoms with Crippen molar-refractivity contribution in [3.05, 3.63) is 34.9 Å². The summed E-state index contributed by atoms with van der Waals surface area (Å²) in [6.45, 7) is 0.445. The molecule has 1 aromatic carbocycles. The van der Waals surface area contributed by atoms with Gasteiger partial charge in [0.1, 0.15) is 6.10 Å². The maximum Gasteiger partial charge on any atom is 0.332 e. The highest BCUT2D eigenvalue weighted by atomic mass is 35.5. The normalized spacial score (nSPS) is 21.6. The molecule has 108 valence electrons. The summed E-state index contributed by atoms with van der Waals surface area (Å²) < 4.78 is 5.17. The van der Waals surface area contributed by atoms with Crippen LogP contribution in [-0.4, -0.2) is 35.7 Å². The molecule has 1 aromatic rings. The molecule has 0 unspecified atom stereocenters. The van der Waals surface area contributed by atoms with Gasteiger partial charge in [-0.2, -0.15) is 0 Å². The van der Waals surface area contributed by atoms with Gasteiger partial charge in [0.05, 0.1) is 0 Å². The maximum atomic E-state index is 11.8. The maximum absolute atomic E-state index is 11.8. The van der Waals surface area contributed by atoms with Crippen LogP contribution in [0.5, 0.6) is 0 Å². The van der Waals surface area contributed by atoms with Crippen LogP contribution in [0.2, 0.25) is 5.02 Å². The SMILES string of the molecule is O=C(NCCc1ccccc1Cl)[C@@H]1CC[C@H](C(=O)O)O1. The minimum Gasteiger partial charge on any atom is -0.479 e. The van der Waals surface area contributed by atoms with E-state index >= 15 is 0 Å². The van der Waals surface area contributed by atoms with E-state index in [9.17, 15) is 9.59 Å². The minimum absolute atomic E-state index is 0.263. The quantitative estimate of drug-likeness (QED) is 0.866. The molecule has 1 saturated heterocycles. The van der Waals surface area contributed by atoms with Crippen molar-refractivity contribution in [3.63, 3.8) is 0 Å². The lowest BCUT2D eigenvalue weighted by Crippen LogP contribution is -2.36. The lowest BCUT2D eigenvalue weighted by Gasteiger charge is -2.12. The van der Waals surface area contributed by atoms with Gasteiger partial charge in [-0.1, -0.05) is 29.8 Å². The topological polar surface area (TPSA) is 75.6 Å². The Bertz CT molecular complexity index is 506. The highest BCUT2D eigenvalue weighted by molar-refractivity contribution is 6.31. The Kier molecular flexibility index (Phi) is 4.98. The number of amides is 1. The molecule has 1 fully saturated rings. The molecule has 2 atom stereocenters. The molecule has 1 aliphatic rings. The first-order chi connectivity index (χ1) is 9.58. The molecule has 0 bridgehead atoms. The van der Waals surface area contributed by atoms with E-state index < -0.39 is 18.2 Å². The van der Waals surface area contributed by atoms with Crippen molar-refractivity contribution in [1.82, 2.24) is 5.32 Å². The van der Waals surface area contributed by atoms with Crippen LogP contribution in [0.25, 0.3) is 0 Å². The fourth-order valence-electron chi connectivity index (χ4n) is 2.15. The van der Waals surface area contributed by atoms with E-state index in [0.29, 0.717) is 30.8 Å². The summed E-state index contributed by atoms with van der Waals surface area (Å²) >= 11 is 6.02. The van der Waals surface area contributed by atoms with Gasteiger partial charge in [0, 0.05) is 11.6 Å². The smallest absolute Gasteiger partial charge is 0.332 e. The predicted octanol–water partition coefficient (Wildman–Crippen LogP) is 1.63. The first-order valence-corrected chi connectivity index (χ1v) is 6.85. The summed E-state index contributed by atoms with van der Waals surface area (Å²) in [4.78, 5) is 22.6. The van der Waals surface area contributed by atoms with Gasteiger partial charge in [0.25, 0.3) is 0 Å². The third kappa shape index (κ3) is 3.71. The van der Waals surface area contributed by atoms with Crippen molar-refractivity contribution >= 4 is 23.5 Å². The first kappa shape index (κ1) is 14.8. The molecule has 2 N–H and O–H groups in total. The van der Waals surface area contributed by atoms with Gasteiger partial charge in [0.2, 0.25) is 5.91 Å². The molecular weight excluding hydrogens is 282 g/mol. The first-order valence-electron chi connectivity index (χ1n) is 6.47. The van der Waals surface area contributed by atoms with E-state index in [1.807, 2.05) is 18.2 Å². The third-order valence-corrected chi connectivity index (χ3v) is 3.61. The average Bonchev–Trinajstić information content (AvgIpc) is 2.91. The standard InChI is InChI=1S/C14H16ClNO4/c15-10-4-2-1-3-9(10)7-8-16-13(17)11-5-6-12(20-11)14(18)19/h1-4,11-12H,5-8H2,(H,16,17)(H,18,19)/t11-,12+/m0/s1. The zero-order chi connectivity index (χ0) is 14.5. The predicted molar refractivity (Wildman–Crippen MR) is 73.7 cm³/mol. The Hall–Kier alpha value is -1.59. The van der Waals surface area contributed by atoms with Crippen LogP contribution in [0.4, 0.5) is 0 Å². The lowest BCUT2D eigenvalue weighted by molar-refractivity contribution is -0.151. The summed E-state index contributed by atoms with van der Waals surface area (Å²) in [5.74, 6) is -1.28. The lowest BCUT2D eigenvalue weighted by atomic mass is 10.1. The van der Waals surface area contributed by atoms with Crippen LogP contribution in [0.3, 0.4) is 0 Å². The molecule has 0 aliphatic carbocycles. The van der Waals surface area contributed by atoms with Gasteiger partial charge >= 0.3 is 5.97 Å². The van der Waals surface area contributed by atoms with Gasteiger partial charge in [0.15, 0.2) is 6.10 Å². The van der Waals surface area contributed by atoms with E-state index in [1.165, 1.54) is 0 Å². The Morgan fingerprint density at radius 3 is 2.65 bits per heavy atom. The Balaban J connectivity index is 1.76.